The molecule has 232 valence electrons. The number of rotatable bonds is 24. The lowest BCUT2D eigenvalue weighted by atomic mass is 10.0. The predicted octanol–water partition coefficient (Wildman–Crippen LogP) is -0.459. The number of terminal acetylenes is 1. The highest BCUT2D eigenvalue weighted by atomic mass is 32.2. The Balaban J connectivity index is 1.25. The fraction of sp³-hybridized carbons (Fsp3) is 0.778. The summed E-state index contributed by atoms with van der Waals surface area (Å²) < 4.78 is 21.4. The third-order valence-corrected chi connectivity index (χ3v) is 7.76. The quantitative estimate of drug-likeness (QED) is 0.0561. The van der Waals surface area contributed by atoms with Crippen molar-refractivity contribution in [2.24, 2.45) is 0 Å². The largest absolute Gasteiger partial charge is 0.379 e. The van der Waals surface area contributed by atoms with E-state index in [-0.39, 0.29) is 55.6 Å². The molecular weight excluding hydrogens is 554 g/mol. The number of unbranched alkanes of at least 4 members (excludes halogenated alkanes) is 1. The minimum atomic E-state index is -0.366. The van der Waals surface area contributed by atoms with E-state index >= 15 is 0 Å². The van der Waals surface area contributed by atoms with Crippen LogP contribution in [0.3, 0.4) is 0 Å². The molecule has 5 N–H and O–H groups in total. The lowest BCUT2D eigenvalue weighted by molar-refractivity contribution is -0.130. The van der Waals surface area contributed by atoms with E-state index in [1.807, 2.05) is 11.8 Å². The number of hydrogen-bond acceptors (Lipinski definition) is 9. The molecule has 5 amide bonds. The second-order valence-corrected chi connectivity index (χ2v) is 10.9. The van der Waals surface area contributed by atoms with Crippen molar-refractivity contribution in [3.05, 3.63) is 0 Å². The fourth-order valence-electron chi connectivity index (χ4n) is 4.20. The van der Waals surface area contributed by atoms with Crippen LogP contribution in [0.1, 0.15) is 38.5 Å². The zero-order valence-electron chi connectivity index (χ0n) is 23.7. The highest BCUT2D eigenvalue weighted by Gasteiger charge is 2.42. The Morgan fingerprint density at radius 2 is 1.41 bits per heavy atom. The molecule has 2 aliphatic rings. The van der Waals surface area contributed by atoms with Crippen molar-refractivity contribution in [2.45, 2.75) is 55.9 Å². The number of thioether (sulfide) groups is 1. The third kappa shape index (κ3) is 16.5. The maximum absolute atomic E-state index is 12.0. The molecule has 41 heavy (non-hydrogen) atoms. The van der Waals surface area contributed by atoms with Crippen molar-refractivity contribution in [1.29, 1.82) is 0 Å². The highest BCUT2D eigenvalue weighted by Crippen LogP contribution is 2.33. The van der Waals surface area contributed by atoms with Gasteiger partial charge in [-0.3, -0.25) is 14.4 Å². The van der Waals surface area contributed by atoms with Crippen LogP contribution in [0.25, 0.3) is 0 Å². The molecule has 2 aliphatic heterocycles. The number of ether oxygens (including phenoxy) is 4. The molecule has 0 spiro atoms. The van der Waals surface area contributed by atoms with Crippen molar-refractivity contribution >= 4 is 35.5 Å². The van der Waals surface area contributed by atoms with Gasteiger partial charge in [-0.05, 0) is 25.7 Å². The van der Waals surface area contributed by atoms with Gasteiger partial charge in [0.05, 0.1) is 45.1 Å². The molecule has 2 heterocycles. The van der Waals surface area contributed by atoms with Gasteiger partial charge in [0.25, 0.3) is 0 Å². The van der Waals surface area contributed by atoms with Crippen molar-refractivity contribution in [3.63, 3.8) is 0 Å². The maximum Gasteiger partial charge on any atom is 0.315 e. The second-order valence-electron chi connectivity index (χ2n) is 9.59. The molecule has 0 radical (unpaired) electrons. The Labute approximate surface area is 246 Å². The Morgan fingerprint density at radius 1 is 0.805 bits per heavy atom. The highest BCUT2D eigenvalue weighted by molar-refractivity contribution is 8.00. The number of nitrogens with one attached hydrogen (secondary N) is 5. The van der Waals surface area contributed by atoms with Crippen molar-refractivity contribution in [3.8, 4) is 12.3 Å². The van der Waals surface area contributed by atoms with Crippen molar-refractivity contribution < 1.29 is 38.1 Å². The van der Waals surface area contributed by atoms with Crippen LogP contribution in [0.15, 0.2) is 0 Å². The monoisotopic (exact) mass is 599 g/mol. The van der Waals surface area contributed by atoms with Crippen LogP contribution in [0.4, 0.5) is 4.79 Å². The first-order valence-electron chi connectivity index (χ1n) is 14.2. The van der Waals surface area contributed by atoms with Crippen LogP contribution in [0.5, 0.6) is 0 Å². The minimum Gasteiger partial charge on any atom is -0.379 e. The summed E-state index contributed by atoms with van der Waals surface area (Å²) in [4.78, 5) is 46.3. The Bertz CT molecular complexity index is 843. The van der Waals surface area contributed by atoms with Crippen molar-refractivity contribution in [2.75, 3.05) is 78.2 Å². The Hall–Kier alpha value is -2.57. The molecule has 2 saturated heterocycles. The van der Waals surface area contributed by atoms with Gasteiger partial charge in [-0.2, -0.15) is 11.8 Å². The first kappa shape index (κ1) is 34.6. The third-order valence-electron chi connectivity index (χ3n) is 6.25. The number of urea groups is 1. The molecular formula is C27H45N5O8S. The standard InChI is InChI=1S/C27H45N5O8S/c1-2-9-28-24(34)18-40-19-25(35)30-11-6-13-38-15-17-39-16-14-37-12-5-10-29-23(33)8-4-3-7-22-26-21(20-41-22)31-27(36)32-26/h1,21-22,26H,3-20H2,(H,28,34)(H,29,33)(H,30,35)(H2,31,32,36)/t21-,22-,26-/m0/s1. The summed E-state index contributed by atoms with van der Waals surface area (Å²) in [6.07, 6.45) is 9.78. The van der Waals surface area contributed by atoms with Crippen LogP contribution in [0, 0.1) is 12.3 Å². The topological polar surface area (TPSA) is 165 Å². The van der Waals surface area contributed by atoms with Crippen LogP contribution in [-0.2, 0) is 33.3 Å². The molecule has 3 atom stereocenters. The molecule has 2 fully saturated rings. The molecule has 0 aromatic rings. The summed E-state index contributed by atoms with van der Waals surface area (Å²) in [6, 6.07) is 0.404. The molecule has 0 saturated carbocycles. The van der Waals surface area contributed by atoms with Gasteiger partial charge in [0, 0.05) is 43.7 Å². The Morgan fingerprint density at radius 3 is 2.07 bits per heavy atom. The number of hydrogen-bond donors (Lipinski definition) is 5. The van der Waals surface area contributed by atoms with E-state index in [2.05, 4.69) is 32.5 Å². The molecule has 13 nitrogen and oxygen atoms in total. The van der Waals surface area contributed by atoms with Gasteiger partial charge in [0.2, 0.25) is 17.7 Å². The van der Waals surface area contributed by atoms with E-state index in [9.17, 15) is 19.2 Å². The molecule has 0 aromatic carbocycles. The predicted molar refractivity (Wildman–Crippen MR) is 154 cm³/mol. The number of amides is 5. The summed E-state index contributed by atoms with van der Waals surface area (Å²) in [6.45, 7) is 3.63. The van der Waals surface area contributed by atoms with E-state index < -0.39 is 0 Å². The summed E-state index contributed by atoms with van der Waals surface area (Å²) >= 11 is 1.90. The van der Waals surface area contributed by atoms with E-state index in [1.165, 1.54) is 0 Å². The van der Waals surface area contributed by atoms with Gasteiger partial charge < -0.3 is 45.5 Å². The molecule has 14 heteroatoms. The fourth-order valence-corrected chi connectivity index (χ4v) is 5.74. The molecule has 0 bridgehead atoms. The average Bonchev–Trinajstić information content (AvgIpc) is 3.51. The summed E-state index contributed by atoms with van der Waals surface area (Å²) in [5.41, 5.74) is 0. The van der Waals surface area contributed by atoms with E-state index in [0.717, 1.165) is 31.4 Å². The summed E-state index contributed by atoms with van der Waals surface area (Å²) in [5, 5.41) is 14.4. The van der Waals surface area contributed by atoms with Gasteiger partial charge in [0.1, 0.15) is 13.2 Å². The zero-order valence-corrected chi connectivity index (χ0v) is 24.5. The Kier molecular flexibility index (Phi) is 18.7. The first-order chi connectivity index (χ1) is 20.0. The van der Waals surface area contributed by atoms with Gasteiger partial charge in [-0.1, -0.05) is 12.3 Å². The second kappa shape index (κ2) is 22.1. The van der Waals surface area contributed by atoms with Gasteiger partial charge >= 0.3 is 6.03 Å². The van der Waals surface area contributed by atoms with Crippen LogP contribution in [0.2, 0.25) is 0 Å². The SMILES string of the molecule is C#CCNC(=O)COCC(=O)NCCCOCCOCCOCCCNC(=O)CCCC[C@@H]1SC[C@@H]2NC(=O)N[C@@H]21. The lowest BCUT2D eigenvalue weighted by Gasteiger charge is -2.16. The smallest absolute Gasteiger partial charge is 0.315 e. The minimum absolute atomic E-state index is 0.0634. The number of carbonyl (C=O) groups is 4. The van der Waals surface area contributed by atoms with Crippen LogP contribution >= 0.6 is 11.8 Å². The number of carbonyl (C=O) groups excluding carboxylic acids is 4. The lowest BCUT2D eigenvalue weighted by Crippen LogP contribution is -2.36. The van der Waals surface area contributed by atoms with E-state index in [0.29, 0.717) is 70.8 Å². The van der Waals surface area contributed by atoms with Gasteiger partial charge in [0.15, 0.2) is 0 Å². The molecule has 0 unspecified atom stereocenters. The van der Waals surface area contributed by atoms with Gasteiger partial charge in [-0.25, -0.2) is 4.79 Å². The molecule has 0 aliphatic carbocycles. The molecule has 2 rings (SSSR count). The normalized spacial score (nSPS) is 19.1. The summed E-state index contributed by atoms with van der Waals surface area (Å²) in [7, 11) is 0. The zero-order chi connectivity index (χ0) is 29.5. The first-order valence-corrected chi connectivity index (χ1v) is 15.3. The summed E-state index contributed by atoms with van der Waals surface area (Å²) in [5.74, 6) is 2.63. The van der Waals surface area contributed by atoms with E-state index in [4.69, 9.17) is 25.4 Å². The van der Waals surface area contributed by atoms with Gasteiger partial charge in [-0.15, -0.1) is 6.42 Å². The average molecular weight is 600 g/mol. The van der Waals surface area contributed by atoms with E-state index in [1.54, 1.807) is 0 Å². The maximum atomic E-state index is 12.0. The van der Waals surface area contributed by atoms with Crippen LogP contribution in [-0.4, -0.2) is 119 Å². The number of fused-ring (bicyclic) bond motifs is 1. The van der Waals surface area contributed by atoms with Crippen LogP contribution < -0.4 is 26.6 Å². The van der Waals surface area contributed by atoms with Crippen molar-refractivity contribution in [1.82, 2.24) is 26.6 Å². The molecule has 0 aromatic heterocycles.